The smallest absolute Gasteiger partial charge is 0.326 e. The summed E-state index contributed by atoms with van der Waals surface area (Å²) in [7, 11) is 0. The van der Waals surface area contributed by atoms with Gasteiger partial charge in [-0.2, -0.15) is 0 Å². The quantitative estimate of drug-likeness (QED) is 0.226. The molecule has 7 N–H and O–H groups in total. The predicted molar refractivity (Wildman–Crippen MR) is 114 cm³/mol. The number of nitrogens with two attached hydrogens (primary N) is 1. The maximum absolute atomic E-state index is 12.7. The van der Waals surface area contributed by atoms with Crippen molar-refractivity contribution in [2.75, 3.05) is 6.54 Å². The van der Waals surface area contributed by atoms with Crippen molar-refractivity contribution in [3.05, 3.63) is 35.9 Å². The zero-order valence-electron chi connectivity index (χ0n) is 18.0. The Balaban J connectivity index is 2.81. The van der Waals surface area contributed by atoms with Crippen LogP contribution in [0.15, 0.2) is 30.3 Å². The summed E-state index contributed by atoms with van der Waals surface area (Å²) >= 11 is 0. The molecule has 1 rings (SSSR count). The molecular weight excluding hydrogens is 420 g/mol. The molecule has 0 fully saturated rings. The molecule has 0 radical (unpaired) electrons. The number of rotatable bonds is 13. The van der Waals surface area contributed by atoms with E-state index in [0.29, 0.717) is 12.0 Å². The number of aliphatic carboxylic acids is 2. The van der Waals surface area contributed by atoms with Crippen LogP contribution in [0.2, 0.25) is 0 Å². The molecule has 0 bridgehead atoms. The Bertz CT molecular complexity index is 816. The second-order valence-electron chi connectivity index (χ2n) is 7.44. The van der Waals surface area contributed by atoms with E-state index in [2.05, 4.69) is 16.0 Å². The van der Waals surface area contributed by atoms with E-state index in [4.69, 9.17) is 10.8 Å². The summed E-state index contributed by atoms with van der Waals surface area (Å²) in [4.78, 5) is 59.2. The summed E-state index contributed by atoms with van der Waals surface area (Å²) in [5.74, 6) is -4.97. The van der Waals surface area contributed by atoms with E-state index in [9.17, 15) is 29.1 Å². The normalized spacial score (nSPS) is 14.3. The fourth-order valence-corrected chi connectivity index (χ4v) is 2.82. The molecule has 0 aliphatic rings. The van der Waals surface area contributed by atoms with Crippen molar-refractivity contribution in [3.63, 3.8) is 0 Å². The monoisotopic (exact) mass is 450 g/mol. The molecule has 0 aromatic heterocycles. The first kappa shape index (κ1) is 26.6. The Morgan fingerprint density at radius 2 is 1.62 bits per heavy atom. The maximum atomic E-state index is 12.7. The third-order valence-electron chi connectivity index (χ3n) is 4.87. The molecule has 11 heteroatoms. The highest BCUT2D eigenvalue weighted by atomic mass is 16.4. The van der Waals surface area contributed by atoms with Gasteiger partial charge in [-0.25, -0.2) is 4.79 Å². The summed E-state index contributed by atoms with van der Waals surface area (Å²) in [6.07, 6.45) is -0.00403. The Morgan fingerprint density at radius 3 is 2.16 bits per heavy atom. The van der Waals surface area contributed by atoms with Crippen LogP contribution in [0, 0.1) is 5.92 Å². The largest absolute Gasteiger partial charge is 0.481 e. The van der Waals surface area contributed by atoms with Gasteiger partial charge in [-0.1, -0.05) is 50.6 Å². The van der Waals surface area contributed by atoms with E-state index in [0.717, 1.165) is 0 Å². The first-order valence-electron chi connectivity index (χ1n) is 10.2. The van der Waals surface area contributed by atoms with Crippen LogP contribution in [0.25, 0.3) is 0 Å². The van der Waals surface area contributed by atoms with Gasteiger partial charge in [-0.3, -0.25) is 19.2 Å². The molecule has 4 atom stereocenters. The predicted octanol–water partition coefficient (Wildman–Crippen LogP) is -0.752. The lowest BCUT2D eigenvalue weighted by Gasteiger charge is -2.22. The molecule has 1 aromatic rings. The van der Waals surface area contributed by atoms with Crippen LogP contribution < -0.4 is 21.7 Å². The Kier molecular flexibility index (Phi) is 10.8. The van der Waals surface area contributed by atoms with Crippen molar-refractivity contribution >= 4 is 29.7 Å². The van der Waals surface area contributed by atoms with Gasteiger partial charge < -0.3 is 31.9 Å². The first-order chi connectivity index (χ1) is 15.0. The summed E-state index contributed by atoms with van der Waals surface area (Å²) in [6, 6.07) is 5.17. The number of benzene rings is 1. The van der Waals surface area contributed by atoms with Crippen LogP contribution >= 0.6 is 0 Å². The minimum atomic E-state index is -1.35. The van der Waals surface area contributed by atoms with E-state index >= 15 is 0 Å². The molecular formula is C21H30N4O7. The standard InChI is InChI=1S/C21H30N4O7/c1-3-12(2)18(21(31)32)25-16(26)11-23-20(30)15(9-13-7-5-4-6-8-13)24-19(29)14(22)10-17(27)28/h4-8,12,14-15,18H,3,9-11,22H2,1-2H3,(H,23,30)(H,24,29)(H,25,26)(H,27,28)(H,31,32). The molecule has 0 aliphatic heterocycles. The van der Waals surface area contributed by atoms with Gasteiger partial charge in [-0.15, -0.1) is 0 Å². The Labute approximate surface area is 185 Å². The second-order valence-corrected chi connectivity index (χ2v) is 7.44. The van der Waals surface area contributed by atoms with Gasteiger partial charge in [-0.05, 0) is 11.5 Å². The van der Waals surface area contributed by atoms with Crippen LogP contribution in [0.1, 0.15) is 32.3 Å². The molecule has 3 amide bonds. The van der Waals surface area contributed by atoms with Crippen molar-refractivity contribution < 1.29 is 34.2 Å². The van der Waals surface area contributed by atoms with Gasteiger partial charge in [0.15, 0.2) is 0 Å². The average Bonchev–Trinajstić information content (AvgIpc) is 2.74. The van der Waals surface area contributed by atoms with Gasteiger partial charge in [0.25, 0.3) is 0 Å². The topological polar surface area (TPSA) is 188 Å². The summed E-state index contributed by atoms with van der Waals surface area (Å²) in [5, 5.41) is 25.2. The van der Waals surface area contributed by atoms with Crippen LogP contribution in [0.3, 0.4) is 0 Å². The molecule has 0 heterocycles. The highest BCUT2D eigenvalue weighted by Crippen LogP contribution is 2.08. The van der Waals surface area contributed by atoms with E-state index in [1.54, 1.807) is 44.2 Å². The molecule has 176 valence electrons. The Hall–Kier alpha value is -3.47. The number of carbonyl (C=O) groups excluding carboxylic acids is 3. The van der Waals surface area contributed by atoms with Gasteiger partial charge in [0.05, 0.1) is 19.0 Å². The number of carbonyl (C=O) groups is 5. The molecule has 0 saturated carbocycles. The zero-order valence-corrected chi connectivity index (χ0v) is 18.0. The number of nitrogens with one attached hydrogen (secondary N) is 3. The lowest BCUT2D eigenvalue weighted by molar-refractivity contribution is -0.143. The molecule has 32 heavy (non-hydrogen) atoms. The van der Waals surface area contributed by atoms with Gasteiger partial charge in [0.2, 0.25) is 17.7 Å². The molecule has 11 nitrogen and oxygen atoms in total. The van der Waals surface area contributed by atoms with Crippen molar-refractivity contribution in [3.8, 4) is 0 Å². The fraction of sp³-hybridized carbons (Fsp3) is 0.476. The lowest BCUT2D eigenvalue weighted by atomic mass is 9.99. The van der Waals surface area contributed by atoms with Crippen LogP contribution in [-0.2, 0) is 30.4 Å². The van der Waals surface area contributed by atoms with E-state index < -0.39 is 60.8 Å². The zero-order chi connectivity index (χ0) is 24.3. The van der Waals surface area contributed by atoms with Crippen LogP contribution in [0.5, 0.6) is 0 Å². The van der Waals surface area contributed by atoms with Crippen molar-refractivity contribution in [1.82, 2.24) is 16.0 Å². The summed E-state index contributed by atoms with van der Waals surface area (Å²) in [6.45, 7) is 2.98. The highest BCUT2D eigenvalue weighted by Gasteiger charge is 2.27. The molecule has 0 aliphatic carbocycles. The maximum Gasteiger partial charge on any atom is 0.326 e. The second kappa shape index (κ2) is 13.1. The van der Waals surface area contributed by atoms with Gasteiger partial charge in [0, 0.05) is 6.42 Å². The van der Waals surface area contributed by atoms with Crippen molar-refractivity contribution in [2.24, 2.45) is 11.7 Å². The minimum Gasteiger partial charge on any atom is -0.481 e. The highest BCUT2D eigenvalue weighted by molar-refractivity contribution is 5.93. The average molecular weight is 450 g/mol. The Morgan fingerprint density at radius 1 is 1.00 bits per heavy atom. The first-order valence-corrected chi connectivity index (χ1v) is 10.2. The third-order valence-corrected chi connectivity index (χ3v) is 4.87. The number of hydrogen-bond acceptors (Lipinski definition) is 6. The number of carboxylic acids is 2. The van der Waals surface area contributed by atoms with Crippen molar-refractivity contribution in [2.45, 2.75) is 51.2 Å². The van der Waals surface area contributed by atoms with Gasteiger partial charge >= 0.3 is 11.9 Å². The number of hydrogen-bond donors (Lipinski definition) is 6. The van der Waals surface area contributed by atoms with Crippen LogP contribution in [0.4, 0.5) is 0 Å². The molecule has 0 saturated heterocycles. The van der Waals surface area contributed by atoms with E-state index in [-0.39, 0.29) is 12.3 Å². The fourth-order valence-electron chi connectivity index (χ4n) is 2.82. The van der Waals surface area contributed by atoms with Gasteiger partial charge in [0.1, 0.15) is 12.1 Å². The summed E-state index contributed by atoms with van der Waals surface area (Å²) in [5.41, 5.74) is 6.28. The summed E-state index contributed by atoms with van der Waals surface area (Å²) < 4.78 is 0. The van der Waals surface area contributed by atoms with E-state index in [1.807, 2.05) is 0 Å². The van der Waals surface area contributed by atoms with Crippen molar-refractivity contribution in [1.29, 1.82) is 0 Å². The lowest BCUT2D eigenvalue weighted by Crippen LogP contribution is -2.54. The number of carboxylic acid groups (broad SMARTS) is 2. The molecule has 4 unspecified atom stereocenters. The third kappa shape index (κ3) is 9.13. The minimum absolute atomic E-state index is 0.0739. The molecule has 1 aromatic carbocycles. The number of amides is 3. The van der Waals surface area contributed by atoms with E-state index in [1.165, 1.54) is 0 Å². The SMILES string of the molecule is CCC(C)C(NC(=O)CNC(=O)C(Cc1ccccc1)NC(=O)C(N)CC(=O)O)C(=O)O. The molecule has 0 spiro atoms. The van der Waals surface area contributed by atoms with Crippen LogP contribution in [-0.4, -0.2) is 64.5 Å².